The van der Waals surface area contributed by atoms with Gasteiger partial charge in [0, 0.05) is 11.7 Å². The van der Waals surface area contributed by atoms with E-state index in [0.717, 1.165) is 34.4 Å². The number of carbonyl (C=O) groups excluding carboxylic acids is 1. The molecule has 1 aromatic carbocycles. The number of carbonyl (C=O) groups is 1. The van der Waals surface area contributed by atoms with Crippen LogP contribution in [0.1, 0.15) is 51.1 Å². The van der Waals surface area contributed by atoms with E-state index in [2.05, 4.69) is 57.5 Å². The van der Waals surface area contributed by atoms with E-state index in [9.17, 15) is 4.79 Å². The number of hydrogen-bond acceptors (Lipinski definition) is 5. The lowest BCUT2D eigenvalue weighted by molar-refractivity contribution is -0.115. The average molecular weight is 413 g/mol. The van der Waals surface area contributed by atoms with Crippen molar-refractivity contribution in [3.63, 3.8) is 0 Å². The average Bonchev–Trinajstić information content (AvgIpc) is 3.20. The van der Waals surface area contributed by atoms with Gasteiger partial charge in [0.2, 0.25) is 5.91 Å². The van der Waals surface area contributed by atoms with Gasteiger partial charge in [-0.2, -0.15) is 0 Å². The van der Waals surface area contributed by atoms with Gasteiger partial charge in [-0.1, -0.05) is 43.8 Å². The lowest BCUT2D eigenvalue weighted by Crippen LogP contribution is -2.23. The van der Waals surface area contributed by atoms with Crippen LogP contribution in [-0.4, -0.2) is 25.9 Å². The van der Waals surface area contributed by atoms with Crippen LogP contribution in [0.15, 0.2) is 46.9 Å². The number of thiophene rings is 1. The molecule has 7 heteroatoms. The number of benzene rings is 1. The van der Waals surface area contributed by atoms with E-state index >= 15 is 0 Å². The fourth-order valence-electron chi connectivity index (χ4n) is 3.00. The summed E-state index contributed by atoms with van der Waals surface area (Å²) in [6.45, 7) is 6.23. The number of nitrogens with one attached hydrogen (secondary N) is 1. The van der Waals surface area contributed by atoms with Crippen LogP contribution in [0, 0.1) is 0 Å². The fraction of sp³-hybridized carbons (Fsp3) is 0.381. The number of thioether (sulfide) groups is 1. The molecule has 2 heterocycles. The molecule has 3 aromatic rings. The van der Waals surface area contributed by atoms with Crippen molar-refractivity contribution in [1.29, 1.82) is 0 Å². The predicted octanol–water partition coefficient (Wildman–Crippen LogP) is 5.58. The van der Waals surface area contributed by atoms with Crippen molar-refractivity contribution in [3.8, 4) is 10.7 Å². The van der Waals surface area contributed by atoms with Crippen LogP contribution in [0.3, 0.4) is 0 Å². The Balaban J connectivity index is 1.46. The van der Waals surface area contributed by atoms with Crippen molar-refractivity contribution in [3.05, 3.63) is 47.3 Å². The standard InChI is InChI=1S/C21H24N4OS2/c1-13(2)15-6-8-16(9-7-15)22-20(26)14(3)28-21-24-23-19(18-5-4-12-27-18)25(21)17-10-11-17/h4-9,12-14,17H,10-11H2,1-3H3,(H,22,26)/t14-/m1/s1. The van der Waals surface area contributed by atoms with Crippen LogP contribution in [0.5, 0.6) is 0 Å². The zero-order valence-corrected chi connectivity index (χ0v) is 17.9. The summed E-state index contributed by atoms with van der Waals surface area (Å²) in [5.74, 6) is 1.37. The molecule has 1 aliphatic carbocycles. The van der Waals surface area contributed by atoms with Gasteiger partial charge in [-0.25, -0.2) is 0 Å². The highest BCUT2D eigenvalue weighted by Gasteiger charge is 2.31. The minimum atomic E-state index is -0.261. The third-order valence-corrected chi connectivity index (χ3v) is 6.74. The van der Waals surface area contributed by atoms with Crippen molar-refractivity contribution in [2.45, 2.75) is 56.0 Å². The molecule has 0 radical (unpaired) electrons. The van der Waals surface area contributed by atoms with Gasteiger partial charge in [0.1, 0.15) is 0 Å². The molecule has 0 saturated heterocycles. The van der Waals surface area contributed by atoms with Crippen LogP contribution >= 0.6 is 23.1 Å². The summed E-state index contributed by atoms with van der Waals surface area (Å²) < 4.78 is 2.21. The Hall–Kier alpha value is -2.12. The molecule has 0 spiro atoms. The van der Waals surface area contributed by atoms with Gasteiger partial charge in [-0.05, 0) is 54.8 Å². The maximum Gasteiger partial charge on any atom is 0.237 e. The Bertz CT molecular complexity index is 943. The first-order valence-electron chi connectivity index (χ1n) is 9.59. The molecule has 1 atom stereocenters. The van der Waals surface area contributed by atoms with Gasteiger partial charge < -0.3 is 5.32 Å². The zero-order valence-electron chi connectivity index (χ0n) is 16.3. The Morgan fingerprint density at radius 2 is 1.93 bits per heavy atom. The smallest absolute Gasteiger partial charge is 0.237 e. The Morgan fingerprint density at radius 1 is 1.18 bits per heavy atom. The molecule has 2 aromatic heterocycles. The molecule has 1 aliphatic rings. The van der Waals surface area contributed by atoms with E-state index in [1.807, 2.05) is 25.1 Å². The fourth-order valence-corrected chi connectivity index (χ4v) is 4.62. The van der Waals surface area contributed by atoms with Gasteiger partial charge >= 0.3 is 0 Å². The molecule has 0 unspecified atom stereocenters. The largest absolute Gasteiger partial charge is 0.325 e. The molecule has 1 fully saturated rings. The molecule has 4 rings (SSSR count). The topological polar surface area (TPSA) is 59.8 Å². The summed E-state index contributed by atoms with van der Waals surface area (Å²) >= 11 is 3.14. The Kier molecular flexibility index (Phi) is 5.55. The summed E-state index contributed by atoms with van der Waals surface area (Å²) in [5.41, 5.74) is 2.09. The van der Waals surface area contributed by atoms with Crippen LogP contribution in [-0.2, 0) is 4.79 Å². The lowest BCUT2D eigenvalue weighted by Gasteiger charge is -2.14. The van der Waals surface area contributed by atoms with Gasteiger partial charge in [0.15, 0.2) is 11.0 Å². The first kappa shape index (κ1) is 19.2. The molecular weight excluding hydrogens is 388 g/mol. The lowest BCUT2D eigenvalue weighted by atomic mass is 10.0. The van der Waals surface area contributed by atoms with Gasteiger partial charge in [-0.15, -0.1) is 21.5 Å². The van der Waals surface area contributed by atoms with Crippen molar-refractivity contribution in [1.82, 2.24) is 14.8 Å². The highest BCUT2D eigenvalue weighted by molar-refractivity contribution is 8.00. The first-order valence-corrected chi connectivity index (χ1v) is 11.3. The van der Waals surface area contributed by atoms with Crippen LogP contribution < -0.4 is 5.32 Å². The number of nitrogens with zero attached hydrogens (tertiary/aromatic N) is 3. The van der Waals surface area contributed by atoms with Gasteiger partial charge in [0.05, 0.1) is 10.1 Å². The molecule has 0 bridgehead atoms. The summed E-state index contributed by atoms with van der Waals surface area (Å²) in [6, 6.07) is 12.6. The third kappa shape index (κ3) is 4.15. The normalized spacial score (nSPS) is 15.0. The number of rotatable bonds is 7. The summed E-state index contributed by atoms with van der Waals surface area (Å²) in [7, 11) is 0. The quantitative estimate of drug-likeness (QED) is 0.514. The molecule has 146 valence electrons. The van der Waals surface area contributed by atoms with Gasteiger partial charge in [-0.3, -0.25) is 9.36 Å². The SMILES string of the molecule is CC(C)c1ccc(NC(=O)[C@@H](C)Sc2nnc(-c3cccs3)n2C2CC2)cc1. The van der Waals surface area contributed by atoms with Crippen LogP contribution in [0.2, 0.25) is 0 Å². The molecule has 28 heavy (non-hydrogen) atoms. The van der Waals surface area contributed by atoms with E-state index in [4.69, 9.17) is 0 Å². The zero-order chi connectivity index (χ0) is 19.7. The third-order valence-electron chi connectivity index (χ3n) is 4.81. The van der Waals surface area contributed by atoms with E-state index in [1.165, 1.54) is 17.3 Å². The van der Waals surface area contributed by atoms with Crippen molar-refractivity contribution < 1.29 is 4.79 Å². The number of hydrogen-bond donors (Lipinski definition) is 1. The Morgan fingerprint density at radius 3 is 2.54 bits per heavy atom. The molecule has 1 N–H and O–H groups in total. The second-order valence-corrected chi connectivity index (χ2v) is 9.67. The minimum Gasteiger partial charge on any atom is -0.325 e. The van der Waals surface area contributed by atoms with E-state index in [0.29, 0.717) is 12.0 Å². The molecule has 5 nitrogen and oxygen atoms in total. The molecule has 1 amide bonds. The van der Waals surface area contributed by atoms with Crippen molar-refractivity contribution in [2.24, 2.45) is 0 Å². The molecule has 1 saturated carbocycles. The van der Waals surface area contributed by atoms with E-state index in [-0.39, 0.29) is 11.2 Å². The maximum atomic E-state index is 12.7. The summed E-state index contributed by atoms with van der Waals surface area (Å²) in [4.78, 5) is 13.8. The second-order valence-electron chi connectivity index (χ2n) is 7.41. The summed E-state index contributed by atoms with van der Waals surface area (Å²) in [6.07, 6.45) is 2.29. The number of amides is 1. The number of anilines is 1. The molecular formula is C21H24N4OS2. The highest BCUT2D eigenvalue weighted by atomic mass is 32.2. The number of aromatic nitrogens is 3. The first-order chi connectivity index (χ1) is 13.5. The Labute approximate surface area is 173 Å². The van der Waals surface area contributed by atoms with Crippen molar-refractivity contribution in [2.75, 3.05) is 5.32 Å². The monoisotopic (exact) mass is 412 g/mol. The van der Waals surface area contributed by atoms with Crippen LogP contribution in [0.25, 0.3) is 10.7 Å². The molecule has 0 aliphatic heterocycles. The summed E-state index contributed by atoms with van der Waals surface area (Å²) in [5, 5.41) is 14.4. The second kappa shape index (κ2) is 8.09. The highest BCUT2D eigenvalue weighted by Crippen LogP contribution is 2.42. The maximum absolute atomic E-state index is 12.7. The van der Waals surface area contributed by atoms with Crippen molar-refractivity contribution >= 4 is 34.7 Å². The van der Waals surface area contributed by atoms with E-state index < -0.39 is 0 Å². The van der Waals surface area contributed by atoms with Crippen LogP contribution in [0.4, 0.5) is 5.69 Å². The minimum absolute atomic E-state index is 0.0229. The van der Waals surface area contributed by atoms with Gasteiger partial charge in [0.25, 0.3) is 0 Å². The predicted molar refractivity (Wildman–Crippen MR) is 116 cm³/mol. The van der Waals surface area contributed by atoms with E-state index in [1.54, 1.807) is 11.3 Å².